The number of carbonyl (C=O) groups is 2. The van der Waals surface area contributed by atoms with Gasteiger partial charge in [-0.15, -0.1) is 0 Å². The van der Waals surface area contributed by atoms with Crippen LogP contribution < -0.4 is 5.73 Å². The summed E-state index contributed by atoms with van der Waals surface area (Å²) >= 11 is 3.36. The van der Waals surface area contributed by atoms with Crippen molar-refractivity contribution in [1.82, 2.24) is 9.78 Å². The highest BCUT2D eigenvalue weighted by Gasteiger charge is 2.11. The number of nitrogens with zero attached hydrogens (tertiary/aromatic N) is 2. The number of aromatic nitrogens is 2. The SMILES string of the molecule is CC(=O)n1cc(/C=C\C(N)=O)c(-c2ccc(Br)cc2)n1. The summed E-state index contributed by atoms with van der Waals surface area (Å²) in [5, 5.41) is 4.24. The number of carbonyl (C=O) groups excluding carboxylic acids is 2. The Hall–Kier alpha value is -2.21. The summed E-state index contributed by atoms with van der Waals surface area (Å²) in [5.41, 5.74) is 7.20. The van der Waals surface area contributed by atoms with E-state index in [-0.39, 0.29) is 5.91 Å². The van der Waals surface area contributed by atoms with Crippen LogP contribution >= 0.6 is 15.9 Å². The van der Waals surface area contributed by atoms with Gasteiger partial charge in [-0.05, 0) is 18.2 Å². The lowest BCUT2D eigenvalue weighted by molar-refractivity contribution is -0.113. The summed E-state index contributed by atoms with van der Waals surface area (Å²) in [5.74, 6) is -0.760. The normalized spacial score (nSPS) is 10.9. The molecule has 102 valence electrons. The van der Waals surface area contributed by atoms with Crippen LogP contribution in [0.15, 0.2) is 41.0 Å². The fourth-order valence-electron chi connectivity index (χ4n) is 1.67. The molecule has 0 spiro atoms. The molecule has 0 aliphatic carbocycles. The van der Waals surface area contributed by atoms with Crippen LogP contribution in [0.25, 0.3) is 17.3 Å². The van der Waals surface area contributed by atoms with Crippen LogP contribution in [0, 0.1) is 0 Å². The molecule has 0 fully saturated rings. The Morgan fingerprint density at radius 1 is 1.30 bits per heavy atom. The standard InChI is InChI=1S/C14H12BrN3O2/c1-9(19)18-8-11(4-7-13(16)20)14(17-18)10-2-5-12(15)6-3-10/h2-8H,1H3,(H2,16,20)/b7-4-. The first-order valence-electron chi connectivity index (χ1n) is 5.81. The van der Waals surface area contributed by atoms with E-state index in [4.69, 9.17) is 5.73 Å². The second-order valence-corrected chi connectivity index (χ2v) is 5.05. The van der Waals surface area contributed by atoms with Crippen molar-refractivity contribution in [2.75, 3.05) is 0 Å². The summed E-state index contributed by atoms with van der Waals surface area (Å²) in [6.45, 7) is 1.42. The molecule has 0 saturated carbocycles. The third kappa shape index (κ3) is 3.21. The highest BCUT2D eigenvalue weighted by Crippen LogP contribution is 2.24. The van der Waals surface area contributed by atoms with Gasteiger partial charge in [0.05, 0.1) is 0 Å². The second kappa shape index (κ2) is 5.83. The first kappa shape index (κ1) is 14.2. The van der Waals surface area contributed by atoms with E-state index in [0.717, 1.165) is 10.0 Å². The molecule has 1 heterocycles. The number of benzene rings is 1. The van der Waals surface area contributed by atoms with Crippen molar-refractivity contribution in [1.29, 1.82) is 0 Å². The van der Waals surface area contributed by atoms with Crippen LogP contribution in [0.5, 0.6) is 0 Å². The Labute approximate surface area is 124 Å². The molecule has 5 nitrogen and oxygen atoms in total. The highest BCUT2D eigenvalue weighted by atomic mass is 79.9. The van der Waals surface area contributed by atoms with E-state index >= 15 is 0 Å². The largest absolute Gasteiger partial charge is 0.366 e. The van der Waals surface area contributed by atoms with Gasteiger partial charge in [-0.2, -0.15) is 5.10 Å². The van der Waals surface area contributed by atoms with E-state index in [1.807, 2.05) is 24.3 Å². The third-order valence-corrected chi connectivity index (χ3v) is 3.14. The van der Waals surface area contributed by atoms with Gasteiger partial charge in [0.1, 0.15) is 5.69 Å². The van der Waals surface area contributed by atoms with Gasteiger partial charge in [-0.25, -0.2) is 4.68 Å². The van der Waals surface area contributed by atoms with E-state index in [0.29, 0.717) is 11.3 Å². The molecule has 0 saturated heterocycles. The molecule has 20 heavy (non-hydrogen) atoms. The lowest BCUT2D eigenvalue weighted by Crippen LogP contribution is -2.05. The molecule has 2 aromatic rings. The molecule has 0 atom stereocenters. The Bertz CT molecular complexity index is 687. The van der Waals surface area contributed by atoms with Crippen LogP contribution in [-0.2, 0) is 4.79 Å². The van der Waals surface area contributed by atoms with Crippen molar-refractivity contribution in [3.05, 3.63) is 46.6 Å². The first-order valence-corrected chi connectivity index (χ1v) is 6.61. The van der Waals surface area contributed by atoms with Gasteiger partial charge in [-0.3, -0.25) is 9.59 Å². The van der Waals surface area contributed by atoms with Gasteiger partial charge in [-0.1, -0.05) is 28.1 Å². The number of hydrogen-bond donors (Lipinski definition) is 1. The van der Waals surface area contributed by atoms with Crippen LogP contribution in [0.3, 0.4) is 0 Å². The maximum atomic E-state index is 11.4. The lowest BCUT2D eigenvalue weighted by Gasteiger charge is -1.99. The Morgan fingerprint density at radius 2 is 1.95 bits per heavy atom. The fraction of sp³-hybridized carbons (Fsp3) is 0.0714. The predicted octanol–water partition coefficient (Wildman–Crippen LogP) is 2.47. The maximum Gasteiger partial charge on any atom is 0.243 e. The smallest absolute Gasteiger partial charge is 0.243 e. The molecule has 1 aromatic carbocycles. The summed E-state index contributed by atoms with van der Waals surface area (Å²) in [4.78, 5) is 22.3. The number of rotatable bonds is 3. The van der Waals surface area contributed by atoms with Gasteiger partial charge in [0.15, 0.2) is 0 Å². The van der Waals surface area contributed by atoms with Crippen LogP contribution in [0.1, 0.15) is 17.3 Å². The molecular weight excluding hydrogens is 322 g/mol. The summed E-state index contributed by atoms with van der Waals surface area (Å²) in [6.07, 6.45) is 4.36. The quantitative estimate of drug-likeness (QED) is 0.876. The van der Waals surface area contributed by atoms with E-state index < -0.39 is 5.91 Å². The van der Waals surface area contributed by atoms with E-state index in [1.165, 1.54) is 17.7 Å². The van der Waals surface area contributed by atoms with Gasteiger partial charge in [0.25, 0.3) is 0 Å². The first-order chi connectivity index (χ1) is 9.47. The lowest BCUT2D eigenvalue weighted by atomic mass is 10.1. The number of primary amides is 1. The van der Waals surface area contributed by atoms with Crippen molar-refractivity contribution >= 4 is 33.8 Å². The summed E-state index contributed by atoms with van der Waals surface area (Å²) < 4.78 is 2.18. The molecule has 1 amide bonds. The number of nitrogens with two attached hydrogens (primary N) is 1. The number of hydrogen-bond acceptors (Lipinski definition) is 3. The molecular formula is C14H12BrN3O2. The minimum Gasteiger partial charge on any atom is -0.366 e. The fourth-order valence-corrected chi connectivity index (χ4v) is 1.94. The second-order valence-electron chi connectivity index (χ2n) is 4.14. The molecule has 2 N–H and O–H groups in total. The van der Waals surface area contributed by atoms with Crippen LogP contribution in [-0.4, -0.2) is 21.6 Å². The van der Waals surface area contributed by atoms with E-state index in [9.17, 15) is 9.59 Å². The number of amides is 1. The summed E-state index contributed by atoms with van der Waals surface area (Å²) in [7, 11) is 0. The average molecular weight is 334 g/mol. The van der Waals surface area contributed by atoms with Gasteiger partial charge >= 0.3 is 0 Å². The molecule has 6 heteroatoms. The summed E-state index contributed by atoms with van der Waals surface area (Å²) in [6, 6.07) is 7.50. The van der Waals surface area contributed by atoms with E-state index in [1.54, 1.807) is 12.3 Å². The zero-order valence-electron chi connectivity index (χ0n) is 10.7. The topological polar surface area (TPSA) is 78.0 Å². The predicted molar refractivity (Wildman–Crippen MR) is 79.9 cm³/mol. The molecule has 2 rings (SSSR count). The Kier molecular flexibility index (Phi) is 4.14. The minimum atomic E-state index is -0.553. The van der Waals surface area contributed by atoms with Crippen molar-refractivity contribution in [3.8, 4) is 11.3 Å². The molecule has 1 aromatic heterocycles. The minimum absolute atomic E-state index is 0.206. The average Bonchev–Trinajstić information content (AvgIpc) is 2.81. The molecule has 0 unspecified atom stereocenters. The van der Waals surface area contributed by atoms with Gasteiger partial charge in [0, 0.05) is 34.8 Å². The highest BCUT2D eigenvalue weighted by molar-refractivity contribution is 9.10. The van der Waals surface area contributed by atoms with Crippen molar-refractivity contribution in [3.63, 3.8) is 0 Å². The molecule has 0 bridgehead atoms. The van der Waals surface area contributed by atoms with Crippen LogP contribution in [0.4, 0.5) is 0 Å². The molecule has 0 radical (unpaired) electrons. The van der Waals surface area contributed by atoms with Crippen molar-refractivity contribution < 1.29 is 9.59 Å². The third-order valence-electron chi connectivity index (χ3n) is 2.61. The van der Waals surface area contributed by atoms with Crippen molar-refractivity contribution in [2.45, 2.75) is 6.92 Å². The Balaban J connectivity index is 2.52. The molecule has 0 aliphatic rings. The zero-order chi connectivity index (χ0) is 14.7. The Morgan fingerprint density at radius 3 is 2.50 bits per heavy atom. The molecule has 0 aliphatic heterocycles. The zero-order valence-corrected chi connectivity index (χ0v) is 12.3. The van der Waals surface area contributed by atoms with E-state index in [2.05, 4.69) is 21.0 Å². The van der Waals surface area contributed by atoms with Crippen molar-refractivity contribution in [2.24, 2.45) is 5.73 Å². The maximum absolute atomic E-state index is 11.4. The number of halogens is 1. The monoisotopic (exact) mass is 333 g/mol. The van der Waals surface area contributed by atoms with Crippen LogP contribution in [0.2, 0.25) is 0 Å². The van der Waals surface area contributed by atoms with Gasteiger partial charge < -0.3 is 5.73 Å². The van der Waals surface area contributed by atoms with Gasteiger partial charge in [0.2, 0.25) is 11.8 Å².